The summed E-state index contributed by atoms with van der Waals surface area (Å²) in [4.78, 5) is 0. The van der Waals surface area contributed by atoms with Gasteiger partial charge >= 0.3 is 0 Å². The SMILES string of the molecule is Cc1ccc2ccccc2c1C(O)C1CCCCC1. The first-order valence-corrected chi connectivity index (χ1v) is 7.43. The summed E-state index contributed by atoms with van der Waals surface area (Å²) in [6.45, 7) is 2.12. The Morgan fingerprint density at radius 3 is 2.53 bits per heavy atom. The van der Waals surface area contributed by atoms with E-state index in [1.54, 1.807) is 0 Å². The van der Waals surface area contributed by atoms with E-state index >= 15 is 0 Å². The van der Waals surface area contributed by atoms with E-state index in [0.717, 1.165) is 5.56 Å². The summed E-state index contributed by atoms with van der Waals surface area (Å²) in [7, 11) is 0. The molecule has 1 fully saturated rings. The normalized spacial score (nSPS) is 18.6. The Labute approximate surface area is 115 Å². The van der Waals surface area contributed by atoms with E-state index in [2.05, 4.69) is 43.3 Å². The van der Waals surface area contributed by atoms with Gasteiger partial charge in [0, 0.05) is 0 Å². The number of aliphatic hydroxyl groups excluding tert-OH is 1. The summed E-state index contributed by atoms with van der Waals surface area (Å²) in [6.07, 6.45) is 5.91. The van der Waals surface area contributed by atoms with E-state index in [1.165, 1.54) is 48.4 Å². The van der Waals surface area contributed by atoms with Crippen LogP contribution in [0.4, 0.5) is 0 Å². The van der Waals surface area contributed by atoms with Crippen LogP contribution in [-0.4, -0.2) is 5.11 Å². The third kappa shape index (κ3) is 2.40. The number of hydrogen-bond acceptors (Lipinski definition) is 1. The molecule has 0 bridgehead atoms. The molecule has 0 aliphatic heterocycles. The Kier molecular flexibility index (Phi) is 3.56. The maximum absolute atomic E-state index is 10.8. The Bertz CT molecular complexity index is 567. The Morgan fingerprint density at radius 2 is 1.74 bits per heavy atom. The first-order valence-electron chi connectivity index (χ1n) is 7.43. The van der Waals surface area contributed by atoms with Crippen molar-refractivity contribution in [1.29, 1.82) is 0 Å². The van der Waals surface area contributed by atoms with Crippen molar-refractivity contribution in [2.24, 2.45) is 5.92 Å². The fourth-order valence-corrected chi connectivity index (χ4v) is 3.48. The Hall–Kier alpha value is -1.34. The fourth-order valence-electron chi connectivity index (χ4n) is 3.48. The van der Waals surface area contributed by atoms with Gasteiger partial charge in [-0.1, -0.05) is 55.7 Å². The van der Waals surface area contributed by atoms with Gasteiger partial charge in [-0.05, 0) is 47.6 Å². The highest BCUT2D eigenvalue weighted by molar-refractivity contribution is 5.87. The zero-order chi connectivity index (χ0) is 13.2. The molecule has 1 N–H and O–H groups in total. The Balaban J connectivity index is 2.05. The van der Waals surface area contributed by atoms with Crippen molar-refractivity contribution in [1.82, 2.24) is 0 Å². The van der Waals surface area contributed by atoms with Crippen LogP contribution in [0.1, 0.15) is 49.3 Å². The number of benzene rings is 2. The molecule has 3 rings (SSSR count). The molecule has 19 heavy (non-hydrogen) atoms. The van der Waals surface area contributed by atoms with Crippen molar-refractivity contribution in [3.63, 3.8) is 0 Å². The van der Waals surface area contributed by atoms with Gasteiger partial charge in [0.2, 0.25) is 0 Å². The molecule has 100 valence electrons. The number of rotatable bonds is 2. The molecule has 0 saturated heterocycles. The van der Waals surface area contributed by atoms with E-state index in [-0.39, 0.29) is 6.10 Å². The van der Waals surface area contributed by atoms with Crippen LogP contribution in [-0.2, 0) is 0 Å². The molecule has 0 amide bonds. The smallest absolute Gasteiger partial charge is 0.0826 e. The van der Waals surface area contributed by atoms with Crippen LogP contribution in [0.25, 0.3) is 10.8 Å². The van der Waals surface area contributed by atoms with Gasteiger partial charge < -0.3 is 5.11 Å². The monoisotopic (exact) mass is 254 g/mol. The molecule has 1 aliphatic carbocycles. The molecule has 2 aromatic carbocycles. The summed E-state index contributed by atoms with van der Waals surface area (Å²) >= 11 is 0. The van der Waals surface area contributed by atoms with E-state index in [1.807, 2.05) is 0 Å². The number of hydrogen-bond donors (Lipinski definition) is 1. The van der Waals surface area contributed by atoms with Gasteiger partial charge in [-0.2, -0.15) is 0 Å². The summed E-state index contributed by atoms with van der Waals surface area (Å²) in [5, 5.41) is 13.3. The second-order valence-electron chi connectivity index (χ2n) is 5.86. The van der Waals surface area contributed by atoms with Gasteiger partial charge in [0.05, 0.1) is 6.10 Å². The third-order valence-electron chi connectivity index (χ3n) is 4.58. The Morgan fingerprint density at radius 1 is 1.00 bits per heavy atom. The van der Waals surface area contributed by atoms with Crippen molar-refractivity contribution < 1.29 is 5.11 Å². The minimum absolute atomic E-state index is 0.300. The van der Waals surface area contributed by atoms with Crippen molar-refractivity contribution in [2.75, 3.05) is 0 Å². The van der Waals surface area contributed by atoms with Gasteiger partial charge in [-0.25, -0.2) is 0 Å². The molecular formula is C18H22O. The molecule has 1 heteroatoms. The lowest BCUT2D eigenvalue weighted by Gasteiger charge is -2.28. The highest BCUT2D eigenvalue weighted by Gasteiger charge is 2.25. The van der Waals surface area contributed by atoms with Crippen LogP contribution in [0.15, 0.2) is 36.4 Å². The number of aliphatic hydroxyl groups is 1. The molecule has 2 aromatic rings. The minimum Gasteiger partial charge on any atom is -0.388 e. The lowest BCUT2D eigenvalue weighted by Crippen LogP contribution is -2.17. The third-order valence-corrected chi connectivity index (χ3v) is 4.58. The maximum atomic E-state index is 10.8. The van der Waals surface area contributed by atoms with E-state index in [0.29, 0.717) is 5.92 Å². The summed E-state index contributed by atoms with van der Waals surface area (Å²) in [5.74, 6) is 0.443. The second kappa shape index (κ2) is 5.34. The molecule has 1 atom stereocenters. The predicted molar refractivity (Wildman–Crippen MR) is 80.2 cm³/mol. The largest absolute Gasteiger partial charge is 0.388 e. The molecule has 1 nitrogen and oxygen atoms in total. The number of aryl methyl sites for hydroxylation is 1. The van der Waals surface area contributed by atoms with Crippen LogP contribution >= 0.6 is 0 Å². The maximum Gasteiger partial charge on any atom is 0.0826 e. The van der Waals surface area contributed by atoms with Crippen molar-refractivity contribution >= 4 is 10.8 Å². The van der Waals surface area contributed by atoms with Crippen LogP contribution in [0.2, 0.25) is 0 Å². The van der Waals surface area contributed by atoms with Crippen LogP contribution < -0.4 is 0 Å². The molecular weight excluding hydrogens is 232 g/mol. The zero-order valence-corrected chi connectivity index (χ0v) is 11.6. The summed E-state index contributed by atoms with van der Waals surface area (Å²) < 4.78 is 0. The van der Waals surface area contributed by atoms with Gasteiger partial charge in [0.15, 0.2) is 0 Å². The first kappa shape index (κ1) is 12.7. The number of fused-ring (bicyclic) bond motifs is 1. The second-order valence-corrected chi connectivity index (χ2v) is 5.86. The highest BCUT2D eigenvalue weighted by atomic mass is 16.3. The molecule has 0 spiro atoms. The van der Waals surface area contributed by atoms with Gasteiger partial charge in [0.25, 0.3) is 0 Å². The molecule has 1 unspecified atom stereocenters. The van der Waals surface area contributed by atoms with Gasteiger partial charge in [-0.3, -0.25) is 0 Å². The van der Waals surface area contributed by atoms with Gasteiger partial charge in [0.1, 0.15) is 0 Å². The fraction of sp³-hybridized carbons (Fsp3) is 0.444. The van der Waals surface area contributed by atoms with Crippen LogP contribution in [0, 0.1) is 12.8 Å². The average Bonchev–Trinajstić information content (AvgIpc) is 2.47. The molecule has 1 aliphatic rings. The molecule has 1 saturated carbocycles. The lowest BCUT2D eigenvalue weighted by atomic mass is 9.80. The molecule has 0 radical (unpaired) electrons. The van der Waals surface area contributed by atoms with E-state index in [9.17, 15) is 5.11 Å². The van der Waals surface area contributed by atoms with E-state index < -0.39 is 0 Å². The summed E-state index contributed by atoms with van der Waals surface area (Å²) in [6, 6.07) is 12.7. The van der Waals surface area contributed by atoms with Crippen molar-refractivity contribution in [3.8, 4) is 0 Å². The lowest BCUT2D eigenvalue weighted by molar-refractivity contribution is 0.0856. The van der Waals surface area contributed by atoms with Gasteiger partial charge in [-0.15, -0.1) is 0 Å². The summed E-state index contributed by atoms with van der Waals surface area (Å²) in [5.41, 5.74) is 2.38. The minimum atomic E-state index is -0.300. The average molecular weight is 254 g/mol. The molecule has 0 heterocycles. The van der Waals surface area contributed by atoms with E-state index in [4.69, 9.17) is 0 Å². The van der Waals surface area contributed by atoms with Crippen LogP contribution in [0.5, 0.6) is 0 Å². The van der Waals surface area contributed by atoms with Crippen molar-refractivity contribution in [3.05, 3.63) is 47.5 Å². The molecule has 0 aromatic heterocycles. The van der Waals surface area contributed by atoms with Crippen molar-refractivity contribution in [2.45, 2.75) is 45.1 Å². The van der Waals surface area contributed by atoms with Crippen LogP contribution in [0.3, 0.4) is 0 Å². The quantitative estimate of drug-likeness (QED) is 0.819. The highest BCUT2D eigenvalue weighted by Crippen LogP contribution is 2.38. The predicted octanol–water partition coefficient (Wildman–Crippen LogP) is 4.76. The topological polar surface area (TPSA) is 20.2 Å². The first-order chi connectivity index (χ1) is 9.27. The standard InChI is InChI=1S/C18H22O/c1-13-11-12-14-7-5-6-10-16(14)17(13)18(19)15-8-3-2-4-9-15/h5-7,10-12,15,18-19H,2-4,8-9H2,1H3. The zero-order valence-electron chi connectivity index (χ0n) is 11.6.